The van der Waals surface area contributed by atoms with Crippen molar-refractivity contribution in [3.05, 3.63) is 27.6 Å². The van der Waals surface area contributed by atoms with Crippen LogP contribution in [-0.2, 0) is 0 Å². The fourth-order valence-electron chi connectivity index (χ4n) is 2.09. The lowest BCUT2D eigenvalue weighted by molar-refractivity contribution is 0.422. The number of rotatable bonds is 2. The van der Waals surface area contributed by atoms with Crippen LogP contribution in [0.4, 0.5) is 5.69 Å². The molecule has 3 rings (SSSR count). The van der Waals surface area contributed by atoms with Crippen molar-refractivity contribution in [2.45, 2.75) is 17.4 Å². The summed E-state index contributed by atoms with van der Waals surface area (Å²) < 4.78 is 6.52. The third kappa shape index (κ3) is 2.94. The molecule has 2 unspecified atom stereocenters. The highest BCUT2D eigenvalue weighted by Gasteiger charge is 2.28. The molecule has 0 spiro atoms. The summed E-state index contributed by atoms with van der Waals surface area (Å²) >= 11 is 6.11. The Hall–Kier alpha value is -0.410. The minimum absolute atomic E-state index is 0.301. The maximum Gasteiger partial charge on any atom is 0.260 e. The molecule has 2 heterocycles. The zero-order valence-corrected chi connectivity index (χ0v) is 14.7. The van der Waals surface area contributed by atoms with E-state index in [0.717, 1.165) is 20.7 Å². The average Bonchev–Trinajstić information content (AvgIpc) is 2.91. The molecule has 2 atom stereocenters. The lowest BCUT2D eigenvalue weighted by Gasteiger charge is -2.24. The zero-order chi connectivity index (χ0) is 14.1. The quantitative estimate of drug-likeness (QED) is 0.590. The van der Waals surface area contributed by atoms with E-state index in [9.17, 15) is 0 Å². The van der Waals surface area contributed by atoms with Crippen molar-refractivity contribution in [2.24, 2.45) is 0 Å². The van der Waals surface area contributed by atoms with Crippen molar-refractivity contribution in [3.63, 3.8) is 0 Å². The van der Waals surface area contributed by atoms with Gasteiger partial charge in [0.2, 0.25) is 0 Å². The summed E-state index contributed by atoms with van der Waals surface area (Å²) in [7, 11) is 0. The second kappa shape index (κ2) is 6.15. The molecule has 7 heteroatoms. The largest absolute Gasteiger partial charge is 0.398 e. The van der Waals surface area contributed by atoms with E-state index >= 15 is 0 Å². The highest BCUT2D eigenvalue weighted by Crippen LogP contribution is 2.41. The summed E-state index contributed by atoms with van der Waals surface area (Å²) in [5, 5.41) is 4.97. The molecule has 0 aliphatic carbocycles. The second-order valence-corrected chi connectivity index (χ2v) is 8.54. The lowest BCUT2D eigenvalue weighted by Crippen LogP contribution is -2.16. The van der Waals surface area contributed by atoms with Crippen LogP contribution in [0.5, 0.6) is 0 Å². The molecule has 2 aromatic rings. The molecule has 1 saturated heterocycles. The Balaban J connectivity index is 1.91. The number of nitrogens with zero attached hydrogens (tertiary/aromatic N) is 2. The molecule has 1 aromatic heterocycles. The Kier molecular flexibility index (Phi) is 4.46. The fourth-order valence-corrected chi connectivity index (χ4v) is 5.26. The zero-order valence-electron chi connectivity index (χ0n) is 10.9. The summed E-state index contributed by atoms with van der Waals surface area (Å²) in [5.74, 6) is 3.62. The first-order valence-electron chi connectivity index (χ1n) is 6.27. The minimum Gasteiger partial charge on any atom is -0.398 e. The van der Waals surface area contributed by atoms with Gasteiger partial charge in [-0.15, -0.1) is 11.8 Å². The van der Waals surface area contributed by atoms with E-state index in [1.807, 2.05) is 41.7 Å². The van der Waals surface area contributed by atoms with Crippen LogP contribution in [0.1, 0.15) is 18.0 Å². The molecule has 20 heavy (non-hydrogen) atoms. The van der Waals surface area contributed by atoms with E-state index in [0.29, 0.717) is 22.1 Å². The van der Waals surface area contributed by atoms with Crippen molar-refractivity contribution in [3.8, 4) is 11.5 Å². The number of thioether (sulfide) groups is 2. The SMILES string of the molecule is CC1SCCSC1c1noc(-c2cc(I)ccc2N)n1. The number of hydrogen-bond donors (Lipinski definition) is 1. The molecule has 1 aromatic carbocycles. The number of hydrogen-bond acceptors (Lipinski definition) is 6. The van der Waals surface area contributed by atoms with Gasteiger partial charge >= 0.3 is 0 Å². The van der Waals surface area contributed by atoms with Crippen molar-refractivity contribution < 1.29 is 4.52 Å². The van der Waals surface area contributed by atoms with E-state index in [4.69, 9.17) is 10.3 Å². The van der Waals surface area contributed by atoms with Crippen LogP contribution in [0, 0.1) is 3.57 Å². The first kappa shape index (κ1) is 14.5. The van der Waals surface area contributed by atoms with Gasteiger partial charge in [-0.3, -0.25) is 0 Å². The smallest absolute Gasteiger partial charge is 0.260 e. The monoisotopic (exact) mass is 419 g/mol. The molecule has 0 amide bonds. The van der Waals surface area contributed by atoms with Gasteiger partial charge in [0.1, 0.15) is 0 Å². The van der Waals surface area contributed by atoms with Gasteiger partial charge in [-0.1, -0.05) is 12.1 Å². The summed E-state index contributed by atoms with van der Waals surface area (Å²) in [6.07, 6.45) is 0. The van der Waals surface area contributed by atoms with Gasteiger partial charge in [-0.25, -0.2) is 0 Å². The van der Waals surface area contributed by atoms with E-state index in [1.165, 1.54) is 5.75 Å². The van der Waals surface area contributed by atoms with Gasteiger partial charge in [0.15, 0.2) is 5.82 Å². The molecule has 2 N–H and O–H groups in total. The Bertz CT molecular complexity index is 619. The van der Waals surface area contributed by atoms with E-state index in [2.05, 4.69) is 39.7 Å². The van der Waals surface area contributed by atoms with Crippen molar-refractivity contribution in [2.75, 3.05) is 17.2 Å². The Morgan fingerprint density at radius 1 is 1.35 bits per heavy atom. The van der Waals surface area contributed by atoms with Crippen molar-refractivity contribution in [1.82, 2.24) is 10.1 Å². The van der Waals surface area contributed by atoms with Gasteiger partial charge < -0.3 is 10.3 Å². The summed E-state index contributed by atoms with van der Waals surface area (Å²) in [4.78, 5) is 4.56. The van der Waals surface area contributed by atoms with Crippen LogP contribution in [0.15, 0.2) is 22.7 Å². The van der Waals surface area contributed by atoms with E-state index in [1.54, 1.807) is 0 Å². The van der Waals surface area contributed by atoms with Crippen LogP contribution >= 0.6 is 46.1 Å². The van der Waals surface area contributed by atoms with Gasteiger partial charge in [0, 0.05) is 26.0 Å². The number of halogens is 1. The molecule has 1 fully saturated rings. The average molecular weight is 419 g/mol. The van der Waals surface area contributed by atoms with E-state index < -0.39 is 0 Å². The first-order chi connectivity index (χ1) is 9.65. The Morgan fingerprint density at radius 3 is 2.95 bits per heavy atom. The summed E-state index contributed by atoms with van der Waals surface area (Å²) in [5.41, 5.74) is 7.48. The number of anilines is 1. The molecule has 1 aliphatic rings. The molecular weight excluding hydrogens is 405 g/mol. The maximum atomic E-state index is 6.00. The van der Waals surface area contributed by atoms with E-state index in [-0.39, 0.29) is 0 Å². The Labute approximate surface area is 139 Å². The van der Waals surface area contributed by atoms with Gasteiger partial charge in [-0.2, -0.15) is 16.7 Å². The predicted octanol–water partition coefficient (Wildman–Crippen LogP) is 3.83. The molecule has 0 radical (unpaired) electrons. The Morgan fingerprint density at radius 2 is 2.15 bits per heavy atom. The molecule has 0 saturated carbocycles. The standard InChI is InChI=1S/C13H14IN3OS2/c1-7-11(20-5-4-19-7)12-16-13(18-17-12)9-6-8(14)2-3-10(9)15/h2-3,6-7,11H,4-5,15H2,1H3. The van der Waals surface area contributed by atoms with Crippen molar-refractivity contribution in [1.29, 1.82) is 0 Å². The lowest BCUT2D eigenvalue weighted by atomic mass is 10.2. The fraction of sp³-hybridized carbons (Fsp3) is 0.385. The topological polar surface area (TPSA) is 64.9 Å². The first-order valence-corrected chi connectivity index (χ1v) is 9.45. The van der Waals surface area contributed by atoms with Crippen molar-refractivity contribution >= 4 is 51.8 Å². The molecule has 1 aliphatic heterocycles. The maximum absolute atomic E-state index is 6.00. The van der Waals surface area contributed by atoms with Crippen LogP contribution in [0.2, 0.25) is 0 Å². The van der Waals surface area contributed by atoms with Crippen LogP contribution in [0.25, 0.3) is 11.5 Å². The number of nitrogen functional groups attached to an aromatic ring is 1. The molecular formula is C13H14IN3OS2. The number of nitrogens with two attached hydrogens (primary N) is 1. The van der Waals surface area contributed by atoms with Crippen LogP contribution < -0.4 is 5.73 Å². The third-order valence-corrected chi connectivity index (χ3v) is 6.89. The molecule has 106 valence electrons. The molecule has 0 bridgehead atoms. The van der Waals surface area contributed by atoms with Gasteiger partial charge in [0.25, 0.3) is 5.89 Å². The van der Waals surface area contributed by atoms with Crippen LogP contribution in [-0.4, -0.2) is 26.9 Å². The van der Waals surface area contributed by atoms with Gasteiger partial charge in [-0.05, 0) is 40.8 Å². The summed E-state index contributed by atoms with van der Waals surface area (Å²) in [6.45, 7) is 2.22. The highest BCUT2D eigenvalue weighted by molar-refractivity contribution is 14.1. The summed E-state index contributed by atoms with van der Waals surface area (Å²) in [6, 6.07) is 5.81. The van der Waals surface area contributed by atoms with Crippen LogP contribution in [0.3, 0.4) is 0 Å². The normalized spacial score (nSPS) is 22.9. The number of aromatic nitrogens is 2. The molecule has 4 nitrogen and oxygen atoms in total. The third-order valence-electron chi connectivity index (χ3n) is 3.13. The van der Waals surface area contributed by atoms with Gasteiger partial charge in [0.05, 0.1) is 10.8 Å². The predicted molar refractivity (Wildman–Crippen MR) is 94.0 cm³/mol. The number of benzene rings is 1. The minimum atomic E-state index is 0.301. The highest BCUT2D eigenvalue weighted by atomic mass is 127. The second-order valence-electron chi connectivity index (χ2n) is 4.56.